The summed E-state index contributed by atoms with van der Waals surface area (Å²) in [6.45, 7) is 2.13. The number of aromatic nitrogens is 1. The van der Waals surface area contributed by atoms with Gasteiger partial charge in [0.25, 0.3) is 0 Å². The summed E-state index contributed by atoms with van der Waals surface area (Å²) in [5.74, 6) is 1.23. The van der Waals surface area contributed by atoms with Crippen molar-refractivity contribution in [3.8, 4) is 33.9 Å². The van der Waals surface area contributed by atoms with Gasteiger partial charge in [0.15, 0.2) is 0 Å². The van der Waals surface area contributed by atoms with Crippen molar-refractivity contribution in [1.29, 1.82) is 0 Å². The van der Waals surface area contributed by atoms with Crippen molar-refractivity contribution in [2.45, 2.75) is 6.92 Å². The highest BCUT2D eigenvalue weighted by Crippen LogP contribution is 2.35. The molecule has 156 valence electrons. The fourth-order valence-electron chi connectivity index (χ4n) is 3.48. The molecule has 0 aliphatic rings. The third-order valence-electron chi connectivity index (χ3n) is 5.09. The lowest BCUT2D eigenvalue weighted by Crippen LogP contribution is -2.04. The first kappa shape index (κ1) is 20.4. The number of methoxy groups -OCH3 is 2. The van der Waals surface area contributed by atoms with Crippen molar-refractivity contribution >= 4 is 16.9 Å². The van der Waals surface area contributed by atoms with Crippen LogP contribution in [0.1, 0.15) is 17.3 Å². The number of pyridine rings is 1. The highest BCUT2D eigenvalue weighted by molar-refractivity contribution is 5.97. The van der Waals surface area contributed by atoms with Crippen LogP contribution >= 0.6 is 0 Å². The lowest BCUT2D eigenvalue weighted by Gasteiger charge is -2.13. The molecule has 1 aromatic heterocycles. The molecule has 0 unspecified atom stereocenters. The summed E-state index contributed by atoms with van der Waals surface area (Å²) in [5.41, 5.74) is 5.10. The second-order valence-corrected chi connectivity index (χ2v) is 6.97. The summed E-state index contributed by atoms with van der Waals surface area (Å²) in [7, 11) is 3.29. The molecule has 0 saturated carbocycles. The lowest BCUT2D eigenvalue weighted by atomic mass is 9.96. The van der Waals surface area contributed by atoms with Crippen LogP contribution in [0.4, 0.5) is 0 Å². The first-order chi connectivity index (χ1) is 15.1. The van der Waals surface area contributed by atoms with Gasteiger partial charge in [-0.2, -0.15) is 0 Å². The Labute approximate surface area is 181 Å². The maximum atomic E-state index is 12.2. The van der Waals surface area contributed by atoms with Crippen molar-refractivity contribution in [1.82, 2.24) is 4.98 Å². The van der Waals surface area contributed by atoms with E-state index in [2.05, 4.69) is 6.07 Å². The van der Waals surface area contributed by atoms with Crippen molar-refractivity contribution in [2.24, 2.45) is 0 Å². The van der Waals surface area contributed by atoms with E-state index in [-0.39, 0.29) is 5.97 Å². The summed E-state index contributed by atoms with van der Waals surface area (Å²) in [4.78, 5) is 17.1. The standard InChI is InChI=1S/C26H23NO4/c1-4-31-26(28)19-9-14-24-20(15-19)16-23(17-5-10-21(29-2)11-6-17)25(27-24)18-7-12-22(30-3)13-8-18/h5-16H,4H2,1-3H3. The minimum atomic E-state index is -0.338. The number of hydrogen-bond donors (Lipinski definition) is 0. The van der Waals surface area contributed by atoms with Crippen LogP contribution in [0.5, 0.6) is 11.5 Å². The molecule has 0 radical (unpaired) electrons. The number of carbonyl (C=O) groups excluding carboxylic acids is 1. The normalized spacial score (nSPS) is 10.7. The first-order valence-electron chi connectivity index (χ1n) is 10.0. The monoisotopic (exact) mass is 413 g/mol. The Hall–Kier alpha value is -3.86. The Morgan fingerprint density at radius 2 is 1.42 bits per heavy atom. The number of esters is 1. The third kappa shape index (κ3) is 4.21. The van der Waals surface area contributed by atoms with E-state index in [1.54, 1.807) is 27.2 Å². The van der Waals surface area contributed by atoms with Crippen LogP contribution in [0.2, 0.25) is 0 Å². The minimum Gasteiger partial charge on any atom is -0.497 e. The minimum absolute atomic E-state index is 0.336. The molecule has 0 N–H and O–H groups in total. The first-order valence-corrected chi connectivity index (χ1v) is 10.0. The zero-order valence-corrected chi connectivity index (χ0v) is 17.7. The van der Waals surface area contributed by atoms with E-state index < -0.39 is 0 Å². The molecular weight excluding hydrogens is 390 g/mol. The van der Waals surface area contributed by atoms with Crippen LogP contribution < -0.4 is 9.47 Å². The van der Waals surface area contributed by atoms with Crippen LogP contribution in [-0.2, 0) is 4.74 Å². The van der Waals surface area contributed by atoms with Crippen molar-refractivity contribution < 1.29 is 19.0 Å². The second kappa shape index (κ2) is 8.88. The lowest BCUT2D eigenvalue weighted by molar-refractivity contribution is 0.0526. The largest absolute Gasteiger partial charge is 0.497 e. The topological polar surface area (TPSA) is 57.7 Å². The number of fused-ring (bicyclic) bond motifs is 1. The second-order valence-electron chi connectivity index (χ2n) is 6.97. The zero-order chi connectivity index (χ0) is 21.8. The Morgan fingerprint density at radius 1 is 0.806 bits per heavy atom. The number of nitrogens with zero attached hydrogens (tertiary/aromatic N) is 1. The Balaban J connectivity index is 1.90. The van der Waals surface area contributed by atoms with Crippen LogP contribution in [0.15, 0.2) is 72.8 Å². The highest BCUT2D eigenvalue weighted by Gasteiger charge is 2.14. The predicted octanol–water partition coefficient (Wildman–Crippen LogP) is 5.76. The zero-order valence-electron chi connectivity index (χ0n) is 17.7. The number of ether oxygens (including phenoxy) is 3. The summed E-state index contributed by atoms with van der Waals surface area (Å²) in [6, 6.07) is 23.2. The van der Waals surface area contributed by atoms with Gasteiger partial charge < -0.3 is 14.2 Å². The molecule has 0 fully saturated rings. The number of carbonyl (C=O) groups is 1. The Bertz CT molecular complexity index is 1210. The van der Waals surface area contributed by atoms with E-state index in [9.17, 15) is 4.79 Å². The van der Waals surface area contributed by atoms with Crippen LogP contribution in [0.3, 0.4) is 0 Å². The van der Waals surface area contributed by atoms with Crippen LogP contribution in [-0.4, -0.2) is 31.8 Å². The van der Waals surface area contributed by atoms with E-state index in [4.69, 9.17) is 19.2 Å². The molecule has 0 atom stereocenters. The van der Waals surface area contributed by atoms with Crippen molar-refractivity contribution in [3.63, 3.8) is 0 Å². The van der Waals surface area contributed by atoms with Gasteiger partial charge >= 0.3 is 5.97 Å². The van der Waals surface area contributed by atoms with Gasteiger partial charge in [-0.05, 0) is 73.2 Å². The van der Waals surface area contributed by atoms with Gasteiger partial charge in [0.1, 0.15) is 11.5 Å². The molecule has 0 amide bonds. The van der Waals surface area contributed by atoms with Crippen molar-refractivity contribution in [2.75, 3.05) is 20.8 Å². The molecule has 4 rings (SSSR count). The van der Waals surface area contributed by atoms with Gasteiger partial charge in [-0.1, -0.05) is 12.1 Å². The molecule has 31 heavy (non-hydrogen) atoms. The van der Waals surface area contributed by atoms with E-state index in [1.807, 2.05) is 60.7 Å². The number of benzene rings is 3. The molecule has 5 heteroatoms. The predicted molar refractivity (Wildman–Crippen MR) is 122 cm³/mol. The van der Waals surface area contributed by atoms with Gasteiger partial charge in [-0.15, -0.1) is 0 Å². The van der Waals surface area contributed by atoms with Crippen molar-refractivity contribution in [3.05, 3.63) is 78.4 Å². The van der Waals surface area contributed by atoms with Gasteiger partial charge in [0.2, 0.25) is 0 Å². The Morgan fingerprint density at radius 3 is 2.00 bits per heavy atom. The molecule has 0 spiro atoms. The summed E-state index contributed by atoms with van der Waals surface area (Å²) < 4.78 is 15.7. The quantitative estimate of drug-likeness (QED) is 0.376. The van der Waals surface area contributed by atoms with E-state index >= 15 is 0 Å². The van der Waals surface area contributed by atoms with Gasteiger partial charge in [0, 0.05) is 16.5 Å². The molecule has 0 bridgehead atoms. The third-order valence-corrected chi connectivity index (χ3v) is 5.09. The Kier molecular flexibility index (Phi) is 5.85. The average molecular weight is 413 g/mol. The average Bonchev–Trinajstić information content (AvgIpc) is 2.83. The maximum absolute atomic E-state index is 12.2. The molecule has 4 aromatic rings. The molecule has 0 aliphatic heterocycles. The summed E-state index contributed by atoms with van der Waals surface area (Å²) in [5, 5.41) is 0.869. The fourth-order valence-corrected chi connectivity index (χ4v) is 3.48. The molecule has 5 nitrogen and oxygen atoms in total. The number of hydrogen-bond acceptors (Lipinski definition) is 5. The summed E-state index contributed by atoms with van der Waals surface area (Å²) in [6.07, 6.45) is 0. The number of rotatable bonds is 6. The molecule has 0 aliphatic carbocycles. The van der Waals surface area contributed by atoms with E-state index in [0.717, 1.165) is 44.8 Å². The molecular formula is C26H23NO4. The van der Waals surface area contributed by atoms with Gasteiger partial charge in [0.05, 0.1) is 37.6 Å². The summed E-state index contributed by atoms with van der Waals surface area (Å²) >= 11 is 0. The van der Waals surface area contributed by atoms with Crippen LogP contribution in [0, 0.1) is 0 Å². The smallest absolute Gasteiger partial charge is 0.338 e. The van der Waals surface area contributed by atoms with Gasteiger partial charge in [-0.3, -0.25) is 0 Å². The molecule has 1 heterocycles. The van der Waals surface area contributed by atoms with E-state index in [0.29, 0.717) is 12.2 Å². The van der Waals surface area contributed by atoms with E-state index in [1.165, 1.54) is 0 Å². The maximum Gasteiger partial charge on any atom is 0.338 e. The fraction of sp³-hybridized carbons (Fsp3) is 0.154. The van der Waals surface area contributed by atoms with Crippen LogP contribution in [0.25, 0.3) is 33.3 Å². The molecule has 0 saturated heterocycles. The SMILES string of the molecule is CCOC(=O)c1ccc2nc(-c3ccc(OC)cc3)c(-c3ccc(OC)cc3)cc2c1. The highest BCUT2D eigenvalue weighted by atomic mass is 16.5. The van der Waals surface area contributed by atoms with Gasteiger partial charge in [-0.25, -0.2) is 9.78 Å². The molecule has 3 aromatic carbocycles.